The lowest BCUT2D eigenvalue weighted by molar-refractivity contribution is -0.153. The molecule has 0 unspecified atom stereocenters. The average Bonchev–Trinajstić information content (AvgIpc) is 2.81. The van der Waals surface area contributed by atoms with Crippen molar-refractivity contribution in [2.75, 3.05) is 14.1 Å². The molecule has 0 spiro atoms. The molecule has 1 aromatic rings. The molecule has 3 aliphatic rings. The molecule has 40 heavy (non-hydrogen) atoms. The van der Waals surface area contributed by atoms with Crippen LogP contribution < -0.4 is 5.73 Å². The summed E-state index contributed by atoms with van der Waals surface area (Å²) >= 11 is 0. The zero-order valence-electron chi connectivity index (χ0n) is 23.8. The predicted octanol–water partition coefficient (Wildman–Crippen LogP) is 2.54. The smallest absolute Gasteiger partial charge is 0.255 e. The van der Waals surface area contributed by atoms with Crippen LogP contribution in [0.15, 0.2) is 23.0 Å². The Labute approximate surface area is 233 Å². The minimum atomic E-state index is -2.70. The summed E-state index contributed by atoms with van der Waals surface area (Å²) in [4.78, 5) is 53.5. The first-order valence-electron chi connectivity index (χ1n) is 13.5. The first kappa shape index (κ1) is 29.5. The molecule has 216 valence electrons. The monoisotopic (exact) mass is 554 g/mol. The number of benzene rings is 1. The second-order valence-corrected chi connectivity index (χ2v) is 12.7. The molecule has 0 radical (unpaired) electrons. The van der Waals surface area contributed by atoms with Crippen molar-refractivity contribution in [2.24, 2.45) is 23.0 Å². The molecule has 0 bridgehead atoms. The van der Waals surface area contributed by atoms with Crippen LogP contribution in [-0.4, -0.2) is 74.3 Å². The summed E-state index contributed by atoms with van der Waals surface area (Å²) in [5.41, 5.74) is 2.73. The van der Waals surface area contributed by atoms with Gasteiger partial charge in [0.15, 0.2) is 17.2 Å². The molecule has 1 amide bonds. The van der Waals surface area contributed by atoms with Gasteiger partial charge in [0.25, 0.3) is 5.91 Å². The minimum Gasteiger partial charge on any atom is -0.508 e. The van der Waals surface area contributed by atoms with E-state index in [4.69, 9.17) is 5.73 Å². The maximum absolute atomic E-state index is 14.0. The van der Waals surface area contributed by atoms with Gasteiger partial charge in [-0.05, 0) is 81.6 Å². The van der Waals surface area contributed by atoms with Crippen molar-refractivity contribution in [1.29, 1.82) is 0 Å². The molecule has 0 aromatic heterocycles. The number of ketones is 3. The number of Topliss-reactive ketones (excluding diaryl/α,β-unsaturated/α-hetero) is 3. The molecular weight excluding hydrogens is 516 g/mol. The van der Waals surface area contributed by atoms with Gasteiger partial charge in [0.1, 0.15) is 22.8 Å². The fraction of sp³-hybridized carbons (Fsp3) is 0.533. The summed E-state index contributed by atoms with van der Waals surface area (Å²) in [6.45, 7) is 7.67. The number of aliphatic hydroxyl groups is 3. The van der Waals surface area contributed by atoms with E-state index in [1.165, 1.54) is 11.8 Å². The quantitative estimate of drug-likeness (QED) is 0.261. The first-order valence-corrected chi connectivity index (χ1v) is 13.5. The number of fused-ring (bicyclic) bond motifs is 3. The van der Waals surface area contributed by atoms with Crippen molar-refractivity contribution in [1.82, 2.24) is 4.90 Å². The van der Waals surface area contributed by atoms with Crippen molar-refractivity contribution < 1.29 is 39.6 Å². The minimum absolute atomic E-state index is 0.0306. The number of aliphatic hydroxyl groups excluding tert-OH is 2. The number of rotatable bonds is 6. The Bertz CT molecular complexity index is 1400. The van der Waals surface area contributed by atoms with Gasteiger partial charge in [-0.25, -0.2) is 0 Å². The van der Waals surface area contributed by atoms with Crippen LogP contribution in [0.2, 0.25) is 0 Å². The van der Waals surface area contributed by atoms with Crippen LogP contribution >= 0.6 is 0 Å². The van der Waals surface area contributed by atoms with E-state index in [9.17, 15) is 39.6 Å². The van der Waals surface area contributed by atoms with Gasteiger partial charge in [0.05, 0.1) is 11.6 Å². The maximum Gasteiger partial charge on any atom is 0.255 e. The van der Waals surface area contributed by atoms with E-state index in [0.29, 0.717) is 29.5 Å². The van der Waals surface area contributed by atoms with Crippen molar-refractivity contribution in [2.45, 2.75) is 71.4 Å². The van der Waals surface area contributed by atoms with Crippen LogP contribution in [0.1, 0.15) is 74.0 Å². The number of primary amides is 1. The number of hydrogen-bond acceptors (Lipinski definition) is 9. The fourth-order valence-electron chi connectivity index (χ4n) is 6.68. The normalized spacial score (nSPS) is 26.6. The third-order valence-electron chi connectivity index (χ3n) is 8.55. The molecule has 10 heteroatoms. The Balaban J connectivity index is 1.92. The number of hydrogen-bond donors (Lipinski definition) is 5. The highest BCUT2D eigenvalue weighted by molar-refractivity contribution is 6.24. The number of carbonyl (C=O) groups excluding carboxylic acids is 4. The van der Waals surface area contributed by atoms with Crippen LogP contribution in [0.3, 0.4) is 0 Å². The van der Waals surface area contributed by atoms with Crippen molar-refractivity contribution in [3.05, 3.63) is 45.2 Å². The van der Waals surface area contributed by atoms with E-state index in [1.807, 2.05) is 0 Å². The lowest BCUT2D eigenvalue weighted by Gasteiger charge is -2.50. The summed E-state index contributed by atoms with van der Waals surface area (Å²) < 4.78 is 0. The van der Waals surface area contributed by atoms with E-state index in [2.05, 4.69) is 20.8 Å². The maximum atomic E-state index is 14.0. The van der Waals surface area contributed by atoms with Crippen LogP contribution in [0, 0.1) is 17.3 Å². The Hall–Kier alpha value is -3.50. The number of aromatic hydroxyl groups is 1. The summed E-state index contributed by atoms with van der Waals surface area (Å²) in [6, 6.07) is 0.474. The van der Waals surface area contributed by atoms with Gasteiger partial charge in [0, 0.05) is 17.1 Å². The number of nitrogens with two attached hydrogens (primary N) is 1. The topological polar surface area (TPSA) is 178 Å². The number of amides is 1. The molecule has 10 nitrogen and oxygen atoms in total. The van der Waals surface area contributed by atoms with Gasteiger partial charge in [-0.2, -0.15) is 0 Å². The third kappa shape index (κ3) is 4.43. The number of phenols is 1. The predicted molar refractivity (Wildman–Crippen MR) is 147 cm³/mol. The van der Waals surface area contributed by atoms with Gasteiger partial charge < -0.3 is 26.2 Å². The SMILES string of the molecule is CC(=O)c1cc(CCCC(C)(C)C)c(O)c2c1C[C@H]1C[C@H]3[C@H](N(C)C)C(=O)C(C(N)=O)=C(O)[C@@]3(O)C(=O)C1=C2O. The van der Waals surface area contributed by atoms with Gasteiger partial charge in [-0.3, -0.25) is 24.1 Å². The van der Waals surface area contributed by atoms with E-state index in [-0.39, 0.29) is 40.9 Å². The molecule has 3 aliphatic carbocycles. The molecular formula is C30H38N2O8. The molecule has 0 heterocycles. The van der Waals surface area contributed by atoms with E-state index < -0.39 is 58.0 Å². The summed E-state index contributed by atoms with van der Waals surface area (Å²) in [7, 11) is 3.08. The zero-order chi connectivity index (χ0) is 30.1. The fourth-order valence-corrected chi connectivity index (χ4v) is 6.68. The molecule has 1 fully saturated rings. The number of likely N-dealkylation sites (N-methyl/N-ethyl adjacent to an activating group) is 1. The molecule has 4 atom stereocenters. The van der Waals surface area contributed by atoms with Crippen LogP contribution in [0.4, 0.5) is 0 Å². The van der Waals surface area contributed by atoms with Gasteiger partial charge in [0.2, 0.25) is 5.78 Å². The van der Waals surface area contributed by atoms with E-state index >= 15 is 0 Å². The third-order valence-corrected chi connectivity index (χ3v) is 8.55. The largest absolute Gasteiger partial charge is 0.508 e. The second-order valence-electron chi connectivity index (χ2n) is 12.7. The van der Waals surface area contributed by atoms with Crippen LogP contribution in [-0.2, 0) is 27.2 Å². The van der Waals surface area contributed by atoms with Crippen molar-refractivity contribution >= 4 is 29.0 Å². The molecule has 1 saturated carbocycles. The summed E-state index contributed by atoms with van der Waals surface area (Å²) in [5, 5.41) is 45.5. The second kappa shape index (κ2) is 9.85. The number of phenolic OH excluding ortho intramolecular Hbond substituents is 1. The number of nitrogens with zero attached hydrogens (tertiary/aromatic N) is 1. The van der Waals surface area contributed by atoms with Gasteiger partial charge in [-0.1, -0.05) is 20.8 Å². The number of carbonyl (C=O) groups is 4. The summed E-state index contributed by atoms with van der Waals surface area (Å²) in [6.07, 6.45) is 2.04. The number of aryl methyl sites for hydroxylation is 1. The Morgan fingerprint density at radius 1 is 1.15 bits per heavy atom. The molecule has 1 aromatic carbocycles. The Kier molecular flexibility index (Phi) is 7.26. The lowest BCUT2D eigenvalue weighted by atomic mass is 9.57. The van der Waals surface area contributed by atoms with Gasteiger partial charge >= 0.3 is 0 Å². The van der Waals surface area contributed by atoms with Crippen LogP contribution in [0.25, 0.3) is 5.76 Å². The molecule has 6 N–H and O–H groups in total. The molecule has 4 rings (SSSR count). The summed E-state index contributed by atoms with van der Waals surface area (Å²) in [5.74, 6) is -7.31. The van der Waals surface area contributed by atoms with Gasteiger partial charge in [-0.15, -0.1) is 0 Å². The molecule has 0 saturated heterocycles. The molecule has 0 aliphatic heterocycles. The standard InChI is InChI=1S/C30H38N2O8/c1-13(33)16-10-14(8-7-9-29(2,3)4)23(34)20-17(16)11-15-12-18-22(32(5)6)25(36)21(28(31)39)27(38)30(18,40)26(37)19(15)24(20)35/h10,15,18,22,34-35,38,40H,7-9,11-12H2,1-6H3,(H2,31,39)/t15-,18-,22-,30-/m0/s1. The Morgan fingerprint density at radius 2 is 1.77 bits per heavy atom. The lowest BCUT2D eigenvalue weighted by Crippen LogP contribution is -2.65. The first-order chi connectivity index (χ1) is 18.4. The van der Waals surface area contributed by atoms with Crippen molar-refractivity contribution in [3.63, 3.8) is 0 Å². The highest BCUT2D eigenvalue weighted by Crippen LogP contribution is 2.53. The van der Waals surface area contributed by atoms with E-state index in [0.717, 1.165) is 6.42 Å². The Morgan fingerprint density at radius 3 is 2.30 bits per heavy atom. The highest BCUT2D eigenvalue weighted by atomic mass is 16.3. The van der Waals surface area contributed by atoms with Crippen molar-refractivity contribution in [3.8, 4) is 5.75 Å². The average molecular weight is 555 g/mol. The van der Waals surface area contributed by atoms with E-state index in [1.54, 1.807) is 20.2 Å². The highest BCUT2D eigenvalue weighted by Gasteiger charge is 2.64. The zero-order valence-corrected chi connectivity index (χ0v) is 23.8. The van der Waals surface area contributed by atoms with Crippen LogP contribution in [0.5, 0.6) is 5.75 Å².